The van der Waals surface area contributed by atoms with Crippen molar-refractivity contribution < 1.29 is 18.5 Å². The van der Waals surface area contributed by atoms with Crippen LogP contribution in [-0.2, 0) is 0 Å². The SMILES string of the molecule is COc1ccc(C2CCCN2C(=O)c2cc(-c3ccc4ocnc4c3)on2)cc1. The Morgan fingerprint density at radius 3 is 2.86 bits per heavy atom. The smallest absolute Gasteiger partial charge is 0.276 e. The minimum atomic E-state index is -0.124. The molecule has 0 spiro atoms. The Bertz CT molecular complexity index is 1160. The highest BCUT2D eigenvalue weighted by Gasteiger charge is 2.32. The molecule has 1 amide bonds. The highest BCUT2D eigenvalue weighted by Crippen LogP contribution is 2.34. The fraction of sp³-hybridized carbons (Fsp3) is 0.227. The molecule has 0 aliphatic carbocycles. The molecule has 5 rings (SSSR count). The minimum Gasteiger partial charge on any atom is -0.497 e. The maximum absolute atomic E-state index is 13.1. The summed E-state index contributed by atoms with van der Waals surface area (Å²) < 4.78 is 15.9. The summed E-state index contributed by atoms with van der Waals surface area (Å²) in [5.41, 5.74) is 3.62. The van der Waals surface area contributed by atoms with Gasteiger partial charge < -0.3 is 18.6 Å². The van der Waals surface area contributed by atoms with E-state index in [1.165, 1.54) is 6.39 Å². The monoisotopic (exact) mass is 389 g/mol. The number of fused-ring (bicyclic) bond motifs is 1. The van der Waals surface area contributed by atoms with Crippen molar-refractivity contribution in [1.82, 2.24) is 15.0 Å². The quantitative estimate of drug-likeness (QED) is 0.512. The van der Waals surface area contributed by atoms with Crippen LogP contribution in [0.1, 0.15) is 34.9 Å². The lowest BCUT2D eigenvalue weighted by Crippen LogP contribution is -2.30. The molecule has 1 aliphatic heterocycles. The van der Waals surface area contributed by atoms with E-state index in [9.17, 15) is 4.79 Å². The van der Waals surface area contributed by atoms with Gasteiger partial charge in [0.05, 0.1) is 13.2 Å². The van der Waals surface area contributed by atoms with Crippen LogP contribution in [0.25, 0.3) is 22.4 Å². The first-order chi connectivity index (χ1) is 14.2. The molecule has 1 saturated heterocycles. The molecule has 3 heterocycles. The van der Waals surface area contributed by atoms with Crippen LogP contribution in [0.5, 0.6) is 5.75 Å². The van der Waals surface area contributed by atoms with Crippen molar-refractivity contribution in [3.63, 3.8) is 0 Å². The summed E-state index contributed by atoms with van der Waals surface area (Å²) in [6.45, 7) is 0.697. The van der Waals surface area contributed by atoms with Gasteiger partial charge in [-0.2, -0.15) is 0 Å². The molecular formula is C22H19N3O4. The van der Waals surface area contributed by atoms with Crippen molar-refractivity contribution in [2.24, 2.45) is 0 Å². The first-order valence-electron chi connectivity index (χ1n) is 9.48. The van der Waals surface area contributed by atoms with E-state index in [1.807, 2.05) is 47.4 Å². The van der Waals surface area contributed by atoms with Crippen LogP contribution in [0.2, 0.25) is 0 Å². The van der Waals surface area contributed by atoms with Crippen LogP contribution >= 0.6 is 0 Å². The third-order valence-electron chi connectivity index (χ3n) is 5.36. The molecule has 2 aromatic carbocycles. The highest BCUT2D eigenvalue weighted by molar-refractivity contribution is 5.94. The van der Waals surface area contributed by atoms with Gasteiger partial charge in [-0.15, -0.1) is 0 Å². The van der Waals surface area contributed by atoms with E-state index in [0.717, 1.165) is 35.2 Å². The van der Waals surface area contributed by atoms with Gasteiger partial charge in [-0.05, 0) is 48.7 Å². The summed E-state index contributed by atoms with van der Waals surface area (Å²) in [6.07, 6.45) is 3.28. The molecule has 146 valence electrons. The fourth-order valence-electron chi connectivity index (χ4n) is 3.85. The second kappa shape index (κ2) is 7.09. The van der Waals surface area contributed by atoms with E-state index < -0.39 is 0 Å². The van der Waals surface area contributed by atoms with Gasteiger partial charge in [0.25, 0.3) is 5.91 Å². The van der Waals surface area contributed by atoms with Crippen LogP contribution in [0.3, 0.4) is 0 Å². The molecule has 7 heteroatoms. The zero-order valence-electron chi connectivity index (χ0n) is 15.9. The number of rotatable bonds is 4. The van der Waals surface area contributed by atoms with Crippen LogP contribution in [-0.4, -0.2) is 34.6 Å². The number of hydrogen-bond acceptors (Lipinski definition) is 6. The molecule has 0 radical (unpaired) electrons. The van der Waals surface area contributed by atoms with Gasteiger partial charge in [0, 0.05) is 18.2 Å². The number of oxazole rings is 1. The topological polar surface area (TPSA) is 81.6 Å². The molecule has 1 atom stereocenters. The molecule has 7 nitrogen and oxygen atoms in total. The molecule has 29 heavy (non-hydrogen) atoms. The number of amides is 1. The van der Waals surface area contributed by atoms with Crippen molar-refractivity contribution in [1.29, 1.82) is 0 Å². The van der Waals surface area contributed by atoms with Crippen LogP contribution in [0, 0.1) is 0 Å². The predicted octanol–water partition coefficient (Wildman–Crippen LogP) is 4.47. The van der Waals surface area contributed by atoms with Crippen molar-refractivity contribution in [3.05, 3.63) is 66.2 Å². The summed E-state index contributed by atoms with van der Waals surface area (Å²) in [5.74, 6) is 1.20. The Balaban J connectivity index is 1.39. The Hall–Kier alpha value is -3.61. The maximum atomic E-state index is 13.1. The minimum absolute atomic E-state index is 0.0278. The second-order valence-corrected chi connectivity index (χ2v) is 7.04. The Morgan fingerprint density at radius 2 is 2.03 bits per heavy atom. The molecule has 0 N–H and O–H groups in total. The van der Waals surface area contributed by atoms with Crippen LogP contribution in [0.4, 0.5) is 0 Å². The van der Waals surface area contributed by atoms with Crippen molar-refractivity contribution in [2.75, 3.05) is 13.7 Å². The first kappa shape index (κ1) is 17.5. The third kappa shape index (κ3) is 3.14. The molecule has 0 saturated carbocycles. The number of aromatic nitrogens is 2. The third-order valence-corrected chi connectivity index (χ3v) is 5.36. The molecule has 1 fully saturated rings. The van der Waals surface area contributed by atoms with Gasteiger partial charge in [-0.25, -0.2) is 4.98 Å². The van der Waals surface area contributed by atoms with E-state index in [0.29, 0.717) is 23.6 Å². The average Bonchev–Trinajstić information content (AvgIpc) is 3.53. The normalized spacial score (nSPS) is 16.4. The molecule has 4 aromatic rings. The van der Waals surface area contributed by atoms with Gasteiger partial charge >= 0.3 is 0 Å². The van der Waals surface area contributed by atoms with Crippen molar-refractivity contribution in [3.8, 4) is 17.1 Å². The zero-order valence-corrected chi connectivity index (χ0v) is 15.9. The van der Waals surface area contributed by atoms with Gasteiger partial charge in [0.15, 0.2) is 23.4 Å². The second-order valence-electron chi connectivity index (χ2n) is 7.04. The van der Waals surface area contributed by atoms with Crippen molar-refractivity contribution in [2.45, 2.75) is 18.9 Å². The summed E-state index contributed by atoms with van der Waals surface area (Å²) in [4.78, 5) is 19.1. The average molecular weight is 389 g/mol. The Kier molecular flexibility index (Phi) is 4.27. The fourth-order valence-corrected chi connectivity index (χ4v) is 3.85. The Labute approximate surface area is 166 Å². The van der Waals surface area contributed by atoms with E-state index in [4.69, 9.17) is 13.7 Å². The summed E-state index contributed by atoms with van der Waals surface area (Å²) in [5, 5.41) is 4.03. The van der Waals surface area contributed by atoms with Gasteiger partial charge in [-0.3, -0.25) is 4.79 Å². The maximum Gasteiger partial charge on any atom is 0.276 e. The number of hydrogen-bond donors (Lipinski definition) is 0. The Morgan fingerprint density at radius 1 is 1.17 bits per heavy atom. The number of nitrogens with zero attached hydrogens (tertiary/aromatic N) is 3. The lowest BCUT2D eigenvalue weighted by molar-refractivity contribution is 0.0725. The number of likely N-dealkylation sites (tertiary alicyclic amines) is 1. The lowest BCUT2D eigenvalue weighted by Gasteiger charge is -2.24. The van der Waals surface area contributed by atoms with Gasteiger partial charge in [0.1, 0.15) is 11.3 Å². The van der Waals surface area contributed by atoms with E-state index in [-0.39, 0.29) is 11.9 Å². The molecule has 0 bridgehead atoms. The van der Waals surface area contributed by atoms with Crippen LogP contribution < -0.4 is 4.74 Å². The lowest BCUT2D eigenvalue weighted by atomic mass is 10.0. The summed E-state index contributed by atoms with van der Waals surface area (Å²) in [6, 6.07) is 15.1. The number of carbonyl (C=O) groups excluding carboxylic acids is 1. The number of carbonyl (C=O) groups is 1. The predicted molar refractivity (Wildman–Crippen MR) is 106 cm³/mol. The van der Waals surface area contributed by atoms with Gasteiger partial charge in [-0.1, -0.05) is 17.3 Å². The molecule has 1 unspecified atom stereocenters. The largest absolute Gasteiger partial charge is 0.497 e. The van der Waals surface area contributed by atoms with E-state index in [1.54, 1.807) is 13.2 Å². The summed E-state index contributed by atoms with van der Waals surface area (Å²) in [7, 11) is 1.64. The molecular weight excluding hydrogens is 370 g/mol. The van der Waals surface area contributed by atoms with E-state index >= 15 is 0 Å². The number of ether oxygens (including phenoxy) is 1. The van der Waals surface area contributed by atoms with E-state index in [2.05, 4.69) is 10.1 Å². The molecule has 1 aliphatic rings. The van der Waals surface area contributed by atoms with Gasteiger partial charge in [0.2, 0.25) is 0 Å². The summed E-state index contributed by atoms with van der Waals surface area (Å²) >= 11 is 0. The standard InChI is InChI=1S/C22H19N3O4/c1-27-16-7-4-14(5-8-16)19-3-2-10-25(19)22(26)18-12-21(29-24-18)15-6-9-20-17(11-15)23-13-28-20/h4-9,11-13,19H,2-3,10H2,1H3. The first-order valence-corrected chi connectivity index (χ1v) is 9.48. The zero-order chi connectivity index (χ0) is 19.8. The molecule has 2 aromatic heterocycles. The number of methoxy groups -OCH3 is 1. The highest BCUT2D eigenvalue weighted by atomic mass is 16.5. The number of benzene rings is 2. The van der Waals surface area contributed by atoms with Crippen molar-refractivity contribution >= 4 is 17.0 Å². The van der Waals surface area contributed by atoms with Crippen LogP contribution in [0.15, 0.2) is 63.9 Å².